The molecule has 0 radical (unpaired) electrons. The van der Waals surface area contributed by atoms with Gasteiger partial charge in [0.2, 0.25) is 0 Å². The minimum Gasteiger partial charge on any atom is -0.308 e. The smallest absolute Gasteiger partial charge is 0.275 e. The van der Waals surface area contributed by atoms with Gasteiger partial charge in [-0.3, -0.25) is 10.1 Å². The van der Waals surface area contributed by atoms with Crippen molar-refractivity contribution in [3.8, 4) is 0 Å². The molecule has 2 aromatic rings. The second-order valence-corrected chi connectivity index (χ2v) is 6.04. The van der Waals surface area contributed by atoms with Gasteiger partial charge in [0.05, 0.1) is 4.92 Å². The van der Waals surface area contributed by atoms with E-state index in [-0.39, 0.29) is 5.69 Å². The molecule has 0 saturated carbocycles. The van der Waals surface area contributed by atoms with Crippen LogP contribution in [0.4, 0.5) is 5.69 Å². The topological polar surface area (TPSA) is 55.2 Å². The summed E-state index contributed by atoms with van der Waals surface area (Å²) in [5.41, 5.74) is 0.706. The molecule has 1 heterocycles. The van der Waals surface area contributed by atoms with E-state index in [1.807, 2.05) is 0 Å². The largest absolute Gasteiger partial charge is 0.308 e. The highest BCUT2D eigenvalue weighted by atomic mass is 35.5. The second kappa shape index (κ2) is 6.83. The summed E-state index contributed by atoms with van der Waals surface area (Å²) in [5.74, 6) is 0. The third-order valence-electron chi connectivity index (χ3n) is 2.92. The highest BCUT2D eigenvalue weighted by Gasteiger charge is 2.13. The molecule has 6 heteroatoms. The Kier molecular flexibility index (Phi) is 5.11. The normalized spacial score (nSPS) is 10.7. The van der Waals surface area contributed by atoms with E-state index in [2.05, 4.69) is 24.4 Å². The first-order valence-electron chi connectivity index (χ1n) is 6.31. The van der Waals surface area contributed by atoms with E-state index in [0.29, 0.717) is 23.7 Å². The van der Waals surface area contributed by atoms with E-state index in [1.165, 1.54) is 15.8 Å². The molecule has 2 rings (SSSR count). The molecular formula is C14H15ClN2O2S. The molecule has 0 bridgehead atoms. The van der Waals surface area contributed by atoms with Crippen molar-refractivity contribution in [1.29, 1.82) is 0 Å². The summed E-state index contributed by atoms with van der Waals surface area (Å²) in [6.07, 6.45) is 1.04. The van der Waals surface area contributed by atoms with E-state index in [9.17, 15) is 10.1 Å². The fraction of sp³-hybridized carbons (Fsp3) is 0.286. The molecular weight excluding hydrogens is 296 g/mol. The van der Waals surface area contributed by atoms with Crippen molar-refractivity contribution < 1.29 is 4.92 Å². The van der Waals surface area contributed by atoms with E-state index in [1.54, 1.807) is 23.5 Å². The molecule has 0 unspecified atom stereocenters. The molecule has 1 aromatic carbocycles. The summed E-state index contributed by atoms with van der Waals surface area (Å²) in [6, 6.07) is 8.96. The number of nitro benzene ring substituents is 1. The molecule has 20 heavy (non-hydrogen) atoms. The number of aryl methyl sites for hydroxylation is 1. The summed E-state index contributed by atoms with van der Waals surface area (Å²) >= 11 is 7.55. The number of nitrogens with zero attached hydrogens (tertiary/aromatic N) is 1. The standard InChI is InChI=1S/C14H15ClN2O2S/c1-2-12-5-6-13(20-12)9-16-8-10-3-4-11(15)7-14(10)17(18)19/h3-7,16H,2,8-9H2,1H3. The molecule has 0 spiro atoms. The van der Waals surface area contributed by atoms with Crippen LogP contribution in [0.15, 0.2) is 30.3 Å². The maximum Gasteiger partial charge on any atom is 0.275 e. The number of hydrogen-bond donors (Lipinski definition) is 1. The average molecular weight is 311 g/mol. The van der Waals surface area contributed by atoms with Gasteiger partial charge in [0.1, 0.15) is 0 Å². The third kappa shape index (κ3) is 3.79. The van der Waals surface area contributed by atoms with Crippen LogP contribution < -0.4 is 5.32 Å². The highest BCUT2D eigenvalue weighted by Crippen LogP contribution is 2.23. The Labute approximate surface area is 126 Å². The van der Waals surface area contributed by atoms with Crippen LogP contribution in [0.25, 0.3) is 0 Å². The number of halogens is 1. The predicted octanol–water partition coefficient (Wildman–Crippen LogP) is 4.16. The molecule has 0 aliphatic carbocycles. The first-order chi connectivity index (χ1) is 9.60. The molecule has 0 aliphatic rings. The fourth-order valence-electron chi connectivity index (χ4n) is 1.88. The Morgan fingerprint density at radius 3 is 2.65 bits per heavy atom. The zero-order valence-electron chi connectivity index (χ0n) is 11.1. The van der Waals surface area contributed by atoms with Gasteiger partial charge in [-0.2, -0.15) is 0 Å². The van der Waals surface area contributed by atoms with Crippen LogP contribution >= 0.6 is 22.9 Å². The van der Waals surface area contributed by atoms with Crippen molar-refractivity contribution in [3.63, 3.8) is 0 Å². The molecule has 0 saturated heterocycles. The van der Waals surface area contributed by atoms with Gasteiger partial charge in [-0.05, 0) is 30.7 Å². The Balaban J connectivity index is 1.98. The lowest BCUT2D eigenvalue weighted by Crippen LogP contribution is -2.13. The predicted molar refractivity (Wildman–Crippen MR) is 82.3 cm³/mol. The van der Waals surface area contributed by atoms with Crippen LogP contribution in [-0.4, -0.2) is 4.92 Å². The van der Waals surface area contributed by atoms with E-state index in [0.717, 1.165) is 6.42 Å². The minimum absolute atomic E-state index is 0.0606. The summed E-state index contributed by atoms with van der Waals surface area (Å²) in [7, 11) is 0. The number of rotatable bonds is 6. The van der Waals surface area contributed by atoms with Crippen LogP contribution in [0.5, 0.6) is 0 Å². The molecule has 0 fully saturated rings. The van der Waals surface area contributed by atoms with Gasteiger partial charge < -0.3 is 5.32 Å². The van der Waals surface area contributed by atoms with Gasteiger partial charge in [0, 0.05) is 39.5 Å². The summed E-state index contributed by atoms with van der Waals surface area (Å²) in [4.78, 5) is 13.2. The van der Waals surface area contributed by atoms with Crippen molar-refractivity contribution in [2.45, 2.75) is 26.4 Å². The Bertz CT molecular complexity index is 613. The van der Waals surface area contributed by atoms with Gasteiger partial charge in [0.15, 0.2) is 0 Å². The van der Waals surface area contributed by atoms with Crippen molar-refractivity contribution in [1.82, 2.24) is 5.32 Å². The molecule has 0 aliphatic heterocycles. The van der Waals surface area contributed by atoms with E-state index >= 15 is 0 Å². The van der Waals surface area contributed by atoms with Crippen molar-refractivity contribution in [2.75, 3.05) is 0 Å². The lowest BCUT2D eigenvalue weighted by Gasteiger charge is -2.05. The fourth-order valence-corrected chi connectivity index (χ4v) is 2.98. The Morgan fingerprint density at radius 2 is 2.00 bits per heavy atom. The van der Waals surface area contributed by atoms with Crippen molar-refractivity contribution in [3.05, 3.63) is 60.8 Å². The van der Waals surface area contributed by atoms with Gasteiger partial charge in [-0.1, -0.05) is 18.5 Å². The van der Waals surface area contributed by atoms with Crippen molar-refractivity contribution in [2.24, 2.45) is 0 Å². The zero-order chi connectivity index (χ0) is 14.5. The highest BCUT2D eigenvalue weighted by molar-refractivity contribution is 7.11. The number of nitrogens with one attached hydrogen (secondary N) is 1. The first-order valence-corrected chi connectivity index (χ1v) is 7.50. The molecule has 0 atom stereocenters. The molecule has 0 amide bonds. The molecule has 1 N–H and O–H groups in total. The molecule has 1 aromatic heterocycles. The molecule has 4 nitrogen and oxygen atoms in total. The SMILES string of the molecule is CCc1ccc(CNCc2ccc(Cl)cc2[N+](=O)[O-])s1. The van der Waals surface area contributed by atoms with Crippen LogP contribution in [0.3, 0.4) is 0 Å². The first kappa shape index (κ1) is 15.0. The van der Waals surface area contributed by atoms with Gasteiger partial charge in [-0.25, -0.2) is 0 Å². The summed E-state index contributed by atoms with van der Waals surface area (Å²) in [5, 5.41) is 14.6. The second-order valence-electron chi connectivity index (χ2n) is 4.36. The quantitative estimate of drug-likeness (QED) is 0.644. The van der Waals surface area contributed by atoms with Gasteiger partial charge in [0.25, 0.3) is 5.69 Å². The van der Waals surface area contributed by atoms with E-state index < -0.39 is 4.92 Å². The van der Waals surface area contributed by atoms with Crippen LogP contribution in [0, 0.1) is 10.1 Å². The number of thiophene rings is 1. The lowest BCUT2D eigenvalue weighted by molar-refractivity contribution is -0.385. The maximum atomic E-state index is 11.0. The Morgan fingerprint density at radius 1 is 1.25 bits per heavy atom. The van der Waals surface area contributed by atoms with Crippen LogP contribution in [0.1, 0.15) is 22.2 Å². The third-order valence-corrected chi connectivity index (χ3v) is 4.39. The van der Waals surface area contributed by atoms with Crippen LogP contribution in [-0.2, 0) is 19.5 Å². The van der Waals surface area contributed by atoms with Crippen LogP contribution in [0.2, 0.25) is 5.02 Å². The Hall–Kier alpha value is -1.43. The monoisotopic (exact) mass is 310 g/mol. The summed E-state index contributed by atoms with van der Waals surface area (Å²) in [6.45, 7) is 3.29. The van der Waals surface area contributed by atoms with Gasteiger partial charge in [-0.15, -0.1) is 11.3 Å². The lowest BCUT2D eigenvalue weighted by atomic mass is 10.2. The number of benzene rings is 1. The minimum atomic E-state index is -0.400. The van der Waals surface area contributed by atoms with Gasteiger partial charge >= 0.3 is 0 Å². The molecule has 106 valence electrons. The zero-order valence-corrected chi connectivity index (χ0v) is 12.6. The average Bonchev–Trinajstić information content (AvgIpc) is 2.88. The summed E-state index contributed by atoms with van der Waals surface area (Å²) < 4.78 is 0. The maximum absolute atomic E-state index is 11.0. The number of nitro groups is 1. The number of hydrogen-bond acceptors (Lipinski definition) is 4. The van der Waals surface area contributed by atoms with E-state index in [4.69, 9.17) is 11.6 Å². The van der Waals surface area contributed by atoms with Crippen molar-refractivity contribution >= 4 is 28.6 Å².